The number of carbonyl (C=O) groups excluding carboxylic acids is 2. The summed E-state index contributed by atoms with van der Waals surface area (Å²) in [5, 5.41) is 6.16. The predicted molar refractivity (Wildman–Crippen MR) is 79.8 cm³/mol. The highest BCUT2D eigenvalue weighted by atomic mass is 32.1. The molecule has 110 valence electrons. The summed E-state index contributed by atoms with van der Waals surface area (Å²) in [6.45, 7) is 7.63. The Morgan fingerprint density at radius 1 is 1.35 bits per heavy atom. The van der Waals surface area contributed by atoms with Crippen LogP contribution in [0.2, 0.25) is 0 Å². The number of rotatable bonds is 3. The summed E-state index contributed by atoms with van der Waals surface area (Å²) >= 11 is 1.45. The lowest BCUT2D eigenvalue weighted by Gasteiger charge is -2.35. The molecule has 2 N–H and O–H groups in total. The van der Waals surface area contributed by atoms with Gasteiger partial charge in [-0.05, 0) is 26.0 Å². The van der Waals surface area contributed by atoms with Crippen LogP contribution in [0.25, 0.3) is 0 Å². The maximum atomic E-state index is 12.5. The number of piperazine rings is 1. The summed E-state index contributed by atoms with van der Waals surface area (Å²) < 4.78 is 0. The van der Waals surface area contributed by atoms with Crippen LogP contribution in [0.15, 0.2) is 12.1 Å². The first kappa shape index (κ1) is 15.0. The number of hydrogen-bond acceptors (Lipinski definition) is 4. The van der Waals surface area contributed by atoms with Crippen molar-refractivity contribution in [1.29, 1.82) is 0 Å². The molecular weight excluding hydrogens is 274 g/mol. The van der Waals surface area contributed by atoms with Gasteiger partial charge in [0.2, 0.25) is 5.91 Å². The average Bonchev–Trinajstić information content (AvgIpc) is 2.83. The summed E-state index contributed by atoms with van der Waals surface area (Å²) in [7, 11) is 0. The van der Waals surface area contributed by atoms with Gasteiger partial charge in [0.05, 0.1) is 11.4 Å². The predicted octanol–water partition coefficient (Wildman–Crippen LogP) is 1.21. The first-order valence-corrected chi connectivity index (χ1v) is 7.66. The standard InChI is InChI=1S/C14H21N3O2S/c1-9-7-17(8-10(2)16-9)14(19)13-5-4-12(20-13)6-15-11(3)18/h4-5,9-10,16H,6-8H2,1-3H3,(H,15,18)/t9-,10-/m1/s1. The third kappa shape index (κ3) is 3.80. The highest BCUT2D eigenvalue weighted by Gasteiger charge is 2.26. The summed E-state index contributed by atoms with van der Waals surface area (Å²) in [5.74, 6) is 0.0281. The minimum Gasteiger partial charge on any atom is -0.351 e. The largest absolute Gasteiger partial charge is 0.351 e. The van der Waals surface area contributed by atoms with E-state index in [1.54, 1.807) is 0 Å². The van der Waals surface area contributed by atoms with Crippen molar-refractivity contribution < 1.29 is 9.59 Å². The zero-order valence-electron chi connectivity index (χ0n) is 12.1. The number of nitrogens with one attached hydrogen (secondary N) is 2. The lowest BCUT2D eigenvalue weighted by Crippen LogP contribution is -2.55. The third-order valence-corrected chi connectivity index (χ3v) is 4.30. The van der Waals surface area contributed by atoms with E-state index in [0.29, 0.717) is 18.6 Å². The smallest absolute Gasteiger partial charge is 0.264 e. The first-order valence-electron chi connectivity index (χ1n) is 6.84. The molecule has 0 aliphatic carbocycles. The van der Waals surface area contributed by atoms with Crippen molar-refractivity contribution in [3.8, 4) is 0 Å². The Hall–Kier alpha value is -1.40. The molecule has 2 heterocycles. The van der Waals surface area contributed by atoms with E-state index in [9.17, 15) is 9.59 Å². The fraction of sp³-hybridized carbons (Fsp3) is 0.571. The van der Waals surface area contributed by atoms with Gasteiger partial charge >= 0.3 is 0 Å². The van der Waals surface area contributed by atoms with E-state index in [-0.39, 0.29) is 11.8 Å². The van der Waals surface area contributed by atoms with Gasteiger partial charge in [0.25, 0.3) is 5.91 Å². The van der Waals surface area contributed by atoms with Gasteiger partial charge in [0.15, 0.2) is 0 Å². The normalized spacial score (nSPS) is 22.6. The Morgan fingerprint density at radius 3 is 2.60 bits per heavy atom. The summed E-state index contributed by atoms with van der Waals surface area (Å²) in [5.41, 5.74) is 0. The maximum Gasteiger partial charge on any atom is 0.264 e. The zero-order valence-corrected chi connectivity index (χ0v) is 12.9. The van der Waals surface area contributed by atoms with Crippen LogP contribution < -0.4 is 10.6 Å². The molecule has 0 unspecified atom stereocenters. The first-order chi connectivity index (χ1) is 9.45. The van der Waals surface area contributed by atoms with Gasteiger partial charge < -0.3 is 15.5 Å². The number of nitrogens with zero attached hydrogens (tertiary/aromatic N) is 1. The van der Waals surface area contributed by atoms with Gasteiger partial charge in [-0.25, -0.2) is 0 Å². The molecule has 0 bridgehead atoms. The summed E-state index contributed by atoms with van der Waals surface area (Å²) in [4.78, 5) is 27.0. The highest BCUT2D eigenvalue weighted by molar-refractivity contribution is 7.14. The second-order valence-corrected chi connectivity index (χ2v) is 6.52. The number of thiophene rings is 1. The molecule has 2 atom stereocenters. The lowest BCUT2D eigenvalue weighted by atomic mass is 10.1. The van der Waals surface area contributed by atoms with Crippen LogP contribution >= 0.6 is 11.3 Å². The fourth-order valence-electron chi connectivity index (χ4n) is 2.45. The molecule has 1 saturated heterocycles. The van der Waals surface area contributed by atoms with Gasteiger partial charge in [-0.1, -0.05) is 0 Å². The van der Waals surface area contributed by atoms with E-state index in [0.717, 1.165) is 22.8 Å². The SMILES string of the molecule is CC(=O)NCc1ccc(C(=O)N2C[C@@H](C)N[C@H](C)C2)s1. The van der Waals surface area contributed by atoms with Crippen LogP contribution in [0, 0.1) is 0 Å². The molecule has 1 aliphatic rings. The molecule has 0 spiro atoms. The second-order valence-electron chi connectivity index (χ2n) is 5.35. The minimum atomic E-state index is -0.0592. The van der Waals surface area contributed by atoms with Crippen molar-refractivity contribution in [1.82, 2.24) is 15.5 Å². The van der Waals surface area contributed by atoms with E-state index in [2.05, 4.69) is 24.5 Å². The van der Waals surface area contributed by atoms with E-state index >= 15 is 0 Å². The number of amides is 2. The van der Waals surface area contributed by atoms with E-state index in [4.69, 9.17) is 0 Å². The second kappa shape index (κ2) is 6.37. The van der Waals surface area contributed by atoms with Crippen molar-refractivity contribution in [2.45, 2.75) is 39.4 Å². The number of carbonyl (C=O) groups is 2. The fourth-order valence-corrected chi connectivity index (χ4v) is 3.36. The molecule has 2 rings (SSSR count). The quantitative estimate of drug-likeness (QED) is 0.881. The van der Waals surface area contributed by atoms with Crippen LogP contribution in [-0.2, 0) is 11.3 Å². The van der Waals surface area contributed by atoms with Gasteiger partial charge in [-0.2, -0.15) is 0 Å². The highest BCUT2D eigenvalue weighted by Crippen LogP contribution is 2.19. The molecule has 1 aromatic heterocycles. The zero-order chi connectivity index (χ0) is 14.7. The van der Waals surface area contributed by atoms with Gasteiger partial charge in [0, 0.05) is 37.0 Å². The summed E-state index contributed by atoms with van der Waals surface area (Å²) in [6.07, 6.45) is 0. The Kier molecular flexibility index (Phi) is 4.77. The van der Waals surface area contributed by atoms with Gasteiger partial charge in [-0.3, -0.25) is 9.59 Å². The minimum absolute atomic E-state index is 0.0592. The Morgan fingerprint density at radius 2 is 2.00 bits per heavy atom. The van der Waals surface area contributed by atoms with Crippen molar-refractivity contribution in [2.24, 2.45) is 0 Å². The lowest BCUT2D eigenvalue weighted by molar-refractivity contribution is -0.119. The molecule has 0 radical (unpaired) electrons. The molecule has 6 heteroatoms. The third-order valence-electron chi connectivity index (χ3n) is 3.23. The van der Waals surface area contributed by atoms with Crippen LogP contribution in [0.5, 0.6) is 0 Å². The van der Waals surface area contributed by atoms with Crippen LogP contribution in [0.3, 0.4) is 0 Å². The molecular formula is C14H21N3O2S. The van der Waals surface area contributed by atoms with Crippen LogP contribution in [-0.4, -0.2) is 41.9 Å². The Balaban J connectivity index is 2.00. The molecule has 1 fully saturated rings. The van der Waals surface area contributed by atoms with Crippen molar-refractivity contribution in [3.63, 3.8) is 0 Å². The molecule has 0 aromatic carbocycles. The number of hydrogen-bond donors (Lipinski definition) is 2. The van der Waals surface area contributed by atoms with E-state index in [1.807, 2.05) is 17.0 Å². The van der Waals surface area contributed by atoms with Gasteiger partial charge in [-0.15, -0.1) is 11.3 Å². The topological polar surface area (TPSA) is 61.4 Å². The monoisotopic (exact) mass is 295 g/mol. The Bertz CT molecular complexity index is 490. The van der Waals surface area contributed by atoms with E-state index in [1.165, 1.54) is 18.3 Å². The molecule has 0 saturated carbocycles. The van der Waals surface area contributed by atoms with Crippen molar-refractivity contribution in [2.75, 3.05) is 13.1 Å². The Labute approximate surface area is 123 Å². The van der Waals surface area contributed by atoms with Crippen LogP contribution in [0.4, 0.5) is 0 Å². The van der Waals surface area contributed by atoms with Crippen molar-refractivity contribution in [3.05, 3.63) is 21.9 Å². The molecule has 5 nitrogen and oxygen atoms in total. The maximum absolute atomic E-state index is 12.5. The summed E-state index contributed by atoms with van der Waals surface area (Å²) in [6, 6.07) is 4.40. The molecule has 1 aromatic rings. The van der Waals surface area contributed by atoms with Crippen molar-refractivity contribution >= 4 is 23.2 Å². The molecule has 20 heavy (non-hydrogen) atoms. The average molecular weight is 295 g/mol. The molecule has 2 amide bonds. The molecule has 1 aliphatic heterocycles. The van der Waals surface area contributed by atoms with E-state index < -0.39 is 0 Å². The van der Waals surface area contributed by atoms with Crippen LogP contribution in [0.1, 0.15) is 35.3 Å². The van der Waals surface area contributed by atoms with Gasteiger partial charge in [0.1, 0.15) is 0 Å².